The van der Waals surface area contributed by atoms with Crippen LogP contribution in [0.4, 0.5) is 5.95 Å². The van der Waals surface area contributed by atoms with E-state index >= 15 is 0 Å². The Hall–Kier alpha value is -2.43. The van der Waals surface area contributed by atoms with Gasteiger partial charge in [0.15, 0.2) is 0 Å². The number of nitrogens with zero attached hydrogens (tertiary/aromatic N) is 3. The van der Waals surface area contributed by atoms with Crippen LogP contribution in [0.15, 0.2) is 42.6 Å². The lowest BCUT2D eigenvalue weighted by Gasteiger charge is -2.31. The highest BCUT2D eigenvalue weighted by Crippen LogP contribution is 2.20. The molecule has 1 saturated heterocycles. The number of nitrogens with one attached hydrogen (secondary N) is 1. The highest BCUT2D eigenvalue weighted by Gasteiger charge is 2.25. The second-order valence-corrected chi connectivity index (χ2v) is 5.96. The van der Waals surface area contributed by atoms with E-state index in [0.29, 0.717) is 6.54 Å². The maximum absolute atomic E-state index is 12.3. The Kier molecular flexibility index (Phi) is 4.86. The maximum atomic E-state index is 12.3. The number of hydrogen-bond acceptors (Lipinski definition) is 4. The zero-order chi connectivity index (χ0) is 16.1. The number of rotatable bonds is 4. The van der Waals surface area contributed by atoms with Crippen molar-refractivity contribution in [3.63, 3.8) is 0 Å². The fraction of sp³-hybridized carbons (Fsp3) is 0.389. The van der Waals surface area contributed by atoms with Gasteiger partial charge in [-0.05, 0) is 31.4 Å². The van der Waals surface area contributed by atoms with Crippen LogP contribution < -0.4 is 10.2 Å². The molecule has 2 aromatic rings. The summed E-state index contributed by atoms with van der Waals surface area (Å²) < 4.78 is 0. The van der Waals surface area contributed by atoms with Crippen LogP contribution in [0.25, 0.3) is 0 Å². The predicted octanol–water partition coefficient (Wildman–Crippen LogP) is 2.32. The summed E-state index contributed by atoms with van der Waals surface area (Å²) in [6.45, 7) is 4.22. The highest BCUT2D eigenvalue weighted by atomic mass is 16.1. The number of carbonyl (C=O) groups is 1. The second-order valence-electron chi connectivity index (χ2n) is 5.96. The Morgan fingerprint density at radius 1 is 1.22 bits per heavy atom. The molecule has 0 spiro atoms. The molecule has 1 N–H and O–H groups in total. The Morgan fingerprint density at radius 3 is 2.65 bits per heavy atom. The van der Waals surface area contributed by atoms with Gasteiger partial charge in [-0.1, -0.05) is 30.3 Å². The van der Waals surface area contributed by atoms with E-state index in [1.165, 1.54) is 0 Å². The van der Waals surface area contributed by atoms with Gasteiger partial charge in [0.2, 0.25) is 11.9 Å². The number of hydrogen-bond donors (Lipinski definition) is 1. The van der Waals surface area contributed by atoms with Crippen molar-refractivity contribution in [1.29, 1.82) is 0 Å². The van der Waals surface area contributed by atoms with Crippen LogP contribution in [-0.4, -0.2) is 29.0 Å². The maximum Gasteiger partial charge on any atom is 0.225 e. The molecule has 5 heteroatoms. The van der Waals surface area contributed by atoms with Crippen LogP contribution >= 0.6 is 0 Å². The third-order valence-corrected chi connectivity index (χ3v) is 4.24. The monoisotopic (exact) mass is 310 g/mol. The van der Waals surface area contributed by atoms with E-state index in [1.54, 1.807) is 6.20 Å². The van der Waals surface area contributed by atoms with E-state index in [0.717, 1.165) is 43.1 Å². The van der Waals surface area contributed by atoms with Crippen LogP contribution in [0, 0.1) is 12.8 Å². The van der Waals surface area contributed by atoms with Crippen molar-refractivity contribution < 1.29 is 4.79 Å². The van der Waals surface area contributed by atoms with Crippen LogP contribution in [0.1, 0.15) is 24.1 Å². The Balaban J connectivity index is 1.49. The van der Waals surface area contributed by atoms with Crippen LogP contribution in [0.2, 0.25) is 0 Å². The van der Waals surface area contributed by atoms with Gasteiger partial charge < -0.3 is 10.2 Å². The lowest BCUT2D eigenvalue weighted by Crippen LogP contribution is -2.41. The number of benzene rings is 1. The number of amides is 1. The predicted molar refractivity (Wildman–Crippen MR) is 90.0 cm³/mol. The van der Waals surface area contributed by atoms with Gasteiger partial charge in [-0.25, -0.2) is 9.97 Å². The quantitative estimate of drug-likeness (QED) is 0.941. The largest absolute Gasteiger partial charge is 0.352 e. The van der Waals surface area contributed by atoms with E-state index in [2.05, 4.69) is 20.2 Å². The first-order valence-electron chi connectivity index (χ1n) is 8.08. The third kappa shape index (κ3) is 4.06. The molecule has 3 rings (SSSR count). The molecule has 120 valence electrons. The molecular weight excluding hydrogens is 288 g/mol. The van der Waals surface area contributed by atoms with Crippen molar-refractivity contribution >= 4 is 11.9 Å². The molecule has 1 aromatic carbocycles. The van der Waals surface area contributed by atoms with Crippen molar-refractivity contribution in [3.8, 4) is 0 Å². The van der Waals surface area contributed by atoms with Crippen LogP contribution in [0.3, 0.4) is 0 Å². The van der Waals surface area contributed by atoms with Crippen LogP contribution in [0.5, 0.6) is 0 Å². The van der Waals surface area contributed by atoms with E-state index < -0.39 is 0 Å². The van der Waals surface area contributed by atoms with Crippen molar-refractivity contribution in [2.45, 2.75) is 26.3 Å². The first kappa shape index (κ1) is 15.5. The fourth-order valence-corrected chi connectivity index (χ4v) is 2.86. The fourth-order valence-electron chi connectivity index (χ4n) is 2.86. The summed E-state index contributed by atoms with van der Waals surface area (Å²) in [6, 6.07) is 11.9. The SMILES string of the molecule is Cc1ccnc(N2CCC(C(=O)NCc3ccccc3)CC2)n1. The first-order chi connectivity index (χ1) is 11.2. The third-order valence-electron chi connectivity index (χ3n) is 4.24. The first-order valence-corrected chi connectivity index (χ1v) is 8.08. The van der Waals surface area contributed by atoms with Crippen molar-refractivity contribution in [3.05, 3.63) is 53.9 Å². The molecule has 1 aromatic heterocycles. The molecule has 1 aliphatic heterocycles. The van der Waals surface area contributed by atoms with E-state index in [1.807, 2.05) is 43.3 Å². The van der Waals surface area contributed by atoms with E-state index in [9.17, 15) is 4.79 Å². The van der Waals surface area contributed by atoms with Gasteiger partial charge in [0.05, 0.1) is 0 Å². The summed E-state index contributed by atoms with van der Waals surface area (Å²) >= 11 is 0. The van der Waals surface area contributed by atoms with Gasteiger partial charge in [-0.15, -0.1) is 0 Å². The molecule has 0 unspecified atom stereocenters. The highest BCUT2D eigenvalue weighted by molar-refractivity contribution is 5.78. The average Bonchev–Trinajstić information content (AvgIpc) is 2.61. The summed E-state index contributed by atoms with van der Waals surface area (Å²) in [5.41, 5.74) is 2.10. The smallest absolute Gasteiger partial charge is 0.225 e. The van der Waals surface area contributed by atoms with E-state index in [-0.39, 0.29) is 11.8 Å². The average molecular weight is 310 g/mol. The number of aromatic nitrogens is 2. The van der Waals surface area contributed by atoms with Crippen LogP contribution in [-0.2, 0) is 11.3 Å². The normalized spacial score (nSPS) is 15.4. The summed E-state index contributed by atoms with van der Waals surface area (Å²) in [5, 5.41) is 3.04. The number of anilines is 1. The molecule has 0 saturated carbocycles. The molecule has 1 fully saturated rings. The van der Waals surface area contributed by atoms with Gasteiger partial charge in [0.25, 0.3) is 0 Å². The molecule has 23 heavy (non-hydrogen) atoms. The minimum Gasteiger partial charge on any atom is -0.352 e. The van der Waals surface area contributed by atoms with Gasteiger partial charge in [0, 0.05) is 37.4 Å². The number of aryl methyl sites for hydroxylation is 1. The van der Waals surface area contributed by atoms with Gasteiger partial charge in [-0.2, -0.15) is 0 Å². The number of piperidine rings is 1. The topological polar surface area (TPSA) is 58.1 Å². The lowest BCUT2D eigenvalue weighted by atomic mass is 9.96. The molecule has 5 nitrogen and oxygen atoms in total. The molecule has 0 atom stereocenters. The summed E-state index contributed by atoms with van der Waals surface area (Å²) in [7, 11) is 0. The Morgan fingerprint density at radius 2 is 1.96 bits per heavy atom. The molecule has 0 aliphatic carbocycles. The van der Waals surface area contributed by atoms with Gasteiger partial charge >= 0.3 is 0 Å². The zero-order valence-electron chi connectivity index (χ0n) is 13.4. The second kappa shape index (κ2) is 7.22. The summed E-state index contributed by atoms with van der Waals surface area (Å²) in [5.74, 6) is 1.01. The minimum atomic E-state index is 0.0831. The van der Waals surface area contributed by atoms with E-state index in [4.69, 9.17) is 0 Å². The molecule has 0 radical (unpaired) electrons. The Labute approximate surface area is 136 Å². The molecule has 1 aliphatic rings. The van der Waals surface area contributed by atoms with Gasteiger partial charge in [-0.3, -0.25) is 4.79 Å². The van der Waals surface area contributed by atoms with Crippen molar-refractivity contribution in [2.75, 3.05) is 18.0 Å². The summed E-state index contributed by atoms with van der Waals surface area (Å²) in [4.78, 5) is 23.2. The minimum absolute atomic E-state index is 0.0831. The molecule has 1 amide bonds. The zero-order valence-corrected chi connectivity index (χ0v) is 13.4. The molecular formula is C18H22N4O. The number of carbonyl (C=O) groups excluding carboxylic acids is 1. The standard InChI is InChI=1S/C18H22N4O/c1-14-7-10-19-18(21-14)22-11-8-16(9-12-22)17(23)20-13-15-5-3-2-4-6-15/h2-7,10,16H,8-9,11-13H2,1H3,(H,20,23). The summed E-state index contributed by atoms with van der Waals surface area (Å²) in [6.07, 6.45) is 3.48. The van der Waals surface area contributed by atoms with Gasteiger partial charge in [0.1, 0.15) is 0 Å². The lowest BCUT2D eigenvalue weighted by molar-refractivity contribution is -0.125. The molecule has 2 heterocycles. The van der Waals surface area contributed by atoms with Crippen molar-refractivity contribution in [2.24, 2.45) is 5.92 Å². The van der Waals surface area contributed by atoms with Crippen molar-refractivity contribution in [1.82, 2.24) is 15.3 Å². The molecule has 0 bridgehead atoms. The Bertz CT molecular complexity index is 651.